The van der Waals surface area contributed by atoms with Gasteiger partial charge in [-0.15, -0.1) is 0 Å². The first kappa shape index (κ1) is 11.4. The minimum atomic E-state index is -0.340. The molecule has 1 aromatic carbocycles. The van der Waals surface area contributed by atoms with Gasteiger partial charge in [0.1, 0.15) is 5.75 Å². The number of nitrogens with one attached hydrogen (secondary N) is 1. The summed E-state index contributed by atoms with van der Waals surface area (Å²) in [5.74, 6) is 0.843. The standard InChI is InChI=1S/C13H19NO2/c1-13(9-15,14-11-5-6-11)10-3-7-12(16-2)8-4-10/h3-4,7-8,11,14-15H,5-6,9H2,1-2H3. The predicted molar refractivity (Wildman–Crippen MR) is 63.6 cm³/mol. The molecule has 1 aliphatic rings. The van der Waals surface area contributed by atoms with Crippen molar-refractivity contribution in [3.05, 3.63) is 29.8 Å². The van der Waals surface area contributed by atoms with E-state index in [1.54, 1.807) is 7.11 Å². The van der Waals surface area contributed by atoms with Crippen molar-refractivity contribution in [1.29, 1.82) is 0 Å². The highest BCUT2D eigenvalue weighted by molar-refractivity contribution is 5.32. The monoisotopic (exact) mass is 221 g/mol. The Morgan fingerprint density at radius 1 is 1.38 bits per heavy atom. The Morgan fingerprint density at radius 2 is 2.00 bits per heavy atom. The largest absolute Gasteiger partial charge is 0.497 e. The van der Waals surface area contributed by atoms with Gasteiger partial charge >= 0.3 is 0 Å². The second-order valence-corrected chi connectivity index (χ2v) is 4.64. The minimum Gasteiger partial charge on any atom is -0.497 e. The average molecular weight is 221 g/mol. The summed E-state index contributed by atoms with van der Waals surface area (Å²) in [6, 6.07) is 8.43. The lowest BCUT2D eigenvalue weighted by molar-refractivity contribution is 0.173. The fraction of sp³-hybridized carbons (Fsp3) is 0.538. The molecule has 2 N–H and O–H groups in total. The number of aliphatic hydroxyl groups is 1. The van der Waals surface area contributed by atoms with Crippen molar-refractivity contribution in [2.75, 3.05) is 13.7 Å². The summed E-state index contributed by atoms with van der Waals surface area (Å²) < 4.78 is 5.13. The molecule has 0 aliphatic heterocycles. The zero-order chi connectivity index (χ0) is 11.6. The smallest absolute Gasteiger partial charge is 0.118 e. The maximum absolute atomic E-state index is 9.55. The fourth-order valence-electron chi connectivity index (χ4n) is 1.86. The first-order valence-corrected chi connectivity index (χ1v) is 5.71. The van der Waals surface area contributed by atoms with E-state index in [1.807, 2.05) is 31.2 Å². The van der Waals surface area contributed by atoms with Crippen LogP contribution < -0.4 is 10.1 Å². The van der Waals surface area contributed by atoms with Gasteiger partial charge in [-0.1, -0.05) is 12.1 Å². The summed E-state index contributed by atoms with van der Waals surface area (Å²) in [4.78, 5) is 0. The molecule has 1 atom stereocenters. The van der Waals surface area contributed by atoms with Gasteiger partial charge < -0.3 is 15.2 Å². The summed E-state index contributed by atoms with van der Waals surface area (Å²) in [6.45, 7) is 2.14. The Balaban J connectivity index is 2.17. The van der Waals surface area contributed by atoms with Gasteiger partial charge in [-0.2, -0.15) is 0 Å². The third-order valence-corrected chi connectivity index (χ3v) is 3.14. The highest BCUT2D eigenvalue weighted by atomic mass is 16.5. The second kappa shape index (κ2) is 4.44. The maximum Gasteiger partial charge on any atom is 0.118 e. The van der Waals surface area contributed by atoms with E-state index in [9.17, 15) is 5.11 Å². The maximum atomic E-state index is 9.55. The molecule has 3 nitrogen and oxygen atoms in total. The average Bonchev–Trinajstić information content (AvgIpc) is 3.13. The topological polar surface area (TPSA) is 41.5 Å². The lowest BCUT2D eigenvalue weighted by atomic mass is 9.92. The summed E-state index contributed by atoms with van der Waals surface area (Å²) in [6.07, 6.45) is 2.43. The fourth-order valence-corrected chi connectivity index (χ4v) is 1.86. The number of methoxy groups -OCH3 is 1. The van der Waals surface area contributed by atoms with Gasteiger partial charge in [-0.3, -0.25) is 0 Å². The van der Waals surface area contributed by atoms with Gasteiger partial charge in [0.2, 0.25) is 0 Å². The third kappa shape index (κ3) is 2.36. The zero-order valence-corrected chi connectivity index (χ0v) is 9.86. The molecule has 1 fully saturated rings. The van der Waals surface area contributed by atoms with Gasteiger partial charge in [-0.25, -0.2) is 0 Å². The molecule has 1 aliphatic carbocycles. The minimum absolute atomic E-state index is 0.107. The molecule has 88 valence electrons. The molecule has 0 heterocycles. The van der Waals surface area contributed by atoms with E-state index >= 15 is 0 Å². The Hall–Kier alpha value is -1.06. The summed E-state index contributed by atoms with van der Waals surface area (Å²) in [7, 11) is 1.66. The van der Waals surface area contributed by atoms with Crippen LogP contribution in [0.4, 0.5) is 0 Å². The molecule has 0 amide bonds. The Bertz CT molecular complexity index is 345. The van der Waals surface area contributed by atoms with Gasteiger partial charge in [-0.05, 0) is 37.5 Å². The van der Waals surface area contributed by atoms with E-state index in [1.165, 1.54) is 12.8 Å². The van der Waals surface area contributed by atoms with Crippen molar-refractivity contribution >= 4 is 0 Å². The number of benzene rings is 1. The van der Waals surface area contributed by atoms with Crippen molar-refractivity contribution in [1.82, 2.24) is 5.32 Å². The lowest BCUT2D eigenvalue weighted by Crippen LogP contribution is -2.44. The lowest BCUT2D eigenvalue weighted by Gasteiger charge is -2.29. The molecule has 1 aromatic rings. The van der Waals surface area contributed by atoms with E-state index in [-0.39, 0.29) is 12.1 Å². The van der Waals surface area contributed by atoms with Crippen LogP contribution in [0.1, 0.15) is 25.3 Å². The normalized spacial score (nSPS) is 19.2. The van der Waals surface area contributed by atoms with Crippen molar-refractivity contribution in [2.45, 2.75) is 31.3 Å². The molecule has 0 radical (unpaired) electrons. The quantitative estimate of drug-likeness (QED) is 0.794. The first-order chi connectivity index (χ1) is 7.68. The van der Waals surface area contributed by atoms with Gasteiger partial charge in [0, 0.05) is 6.04 Å². The number of hydrogen-bond donors (Lipinski definition) is 2. The van der Waals surface area contributed by atoms with E-state index in [0.717, 1.165) is 11.3 Å². The van der Waals surface area contributed by atoms with Crippen LogP contribution in [-0.4, -0.2) is 24.9 Å². The highest BCUT2D eigenvalue weighted by Crippen LogP contribution is 2.29. The Morgan fingerprint density at radius 3 is 2.44 bits per heavy atom. The number of ether oxygens (including phenoxy) is 1. The number of rotatable bonds is 5. The van der Waals surface area contributed by atoms with Crippen LogP contribution in [-0.2, 0) is 5.54 Å². The van der Waals surface area contributed by atoms with Crippen LogP contribution in [0.15, 0.2) is 24.3 Å². The molecule has 2 rings (SSSR count). The molecular formula is C13H19NO2. The van der Waals surface area contributed by atoms with Crippen molar-refractivity contribution in [3.8, 4) is 5.75 Å². The molecular weight excluding hydrogens is 202 g/mol. The second-order valence-electron chi connectivity index (χ2n) is 4.64. The molecule has 1 unspecified atom stereocenters. The van der Waals surface area contributed by atoms with E-state index < -0.39 is 0 Å². The third-order valence-electron chi connectivity index (χ3n) is 3.14. The van der Waals surface area contributed by atoms with Crippen LogP contribution in [0.25, 0.3) is 0 Å². The SMILES string of the molecule is COc1ccc(C(C)(CO)NC2CC2)cc1. The Labute approximate surface area is 96.4 Å². The Kier molecular flexibility index (Phi) is 3.17. The molecule has 16 heavy (non-hydrogen) atoms. The summed E-state index contributed by atoms with van der Waals surface area (Å²) in [5.41, 5.74) is 0.760. The number of hydrogen-bond acceptors (Lipinski definition) is 3. The summed E-state index contributed by atoms with van der Waals surface area (Å²) in [5, 5.41) is 13.0. The predicted octanol–water partition coefficient (Wildman–Crippen LogP) is 1.65. The van der Waals surface area contributed by atoms with Crippen molar-refractivity contribution in [3.63, 3.8) is 0 Å². The van der Waals surface area contributed by atoms with Gasteiger partial charge in [0.15, 0.2) is 0 Å². The molecule has 0 aromatic heterocycles. The van der Waals surface area contributed by atoms with E-state index in [0.29, 0.717) is 6.04 Å². The molecule has 0 spiro atoms. The molecule has 3 heteroatoms. The van der Waals surface area contributed by atoms with Crippen LogP contribution in [0.2, 0.25) is 0 Å². The van der Waals surface area contributed by atoms with Crippen LogP contribution >= 0.6 is 0 Å². The zero-order valence-electron chi connectivity index (χ0n) is 9.86. The molecule has 0 bridgehead atoms. The van der Waals surface area contributed by atoms with Gasteiger partial charge in [0.05, 0.1) is 19.3 Å². The van der Waals surface area contributed by atoms with Crippen molar-refractivity contribution < 1.29 is 9.84 Å². The van der Waals surface area contributed by atoms with Crippen LogP contribution in [0.5, 0.6) is 5.75 Å². The molecule has 0 saturated heterocycles. The van der Waals surface area contributed by atoms with E-state index in [4.69, 9.17) is 4.74 Å². The van der Waals surface area contributed by atoms with Gasteiger partial charge in [0.25, 0.3) is 0 Å². The number of aliphatic hydroxyl groups excluding tert-OH is 1. The first-order valence-electron chi connectivity index (χ1n) is 5.71. The molecule has 1 saturated carbocycles. The van der Waals surface area contributed by atoms with Crippen LogP contribution in [0, 0.1) is 0 Å². The van der Waals surface area contributed by atoms with E-state index in [2.05, 4.69) is 5.32 Å². The van der Waals surface area contributed by atoms with Crippen LogP contribution in [0.3, 0.4) is 0 Å². The summed E-state index contributed by atoms with van der Waals surface area (Å²) >= 11 is 0. The van der Waals surface area contributed by atoms with Crippen molar-refractivity contribution in [2.24, 2.45) is 0 Å². The highest BCUT2D eigenvalue weighted by Gasteiger charge is 2.33.